The van der Waals surface area contributed by atoms with Crippen molar-refractivity contribution in [2.24, 2.45) is 5.73 Å². The average Bonchev–Trinajstić information content (AvgIpc) is 3.46. The minimum atomic E-state index is -0.640. The molecule has 0 unspecified atom stereocenters. The predicted octanol–water partition coefficient (Wildman–Crippen LogP) is 4.29. The number of hydrogen-bond acceptors (Lipinski definition) is 7. The first-order chi connectivity index (χ1) is 16.7. The first-order valence-corrected chi connectivity index (χ1v) is 12.1. The van der Waals surface area contributed by atoms with Crippen molar-refractivity contribution in [1.82, 2.24) is 25.1 Å². The van der Waals surface area contributed by atoms with Crippen LogP contribution in [0.3, 0.4) is 0 Å². The minimum absolute atomic E-state index is 0.0534. The number of carbonyl (C=O) groups is 1. The van der Waals surface area contributed by atoms with Crippen LogP contribution in [0.25, 0.3) is 0 Å². The fourth-order valence-electron chi connectivity index (χ4n) is 4.53. The van der Waals surface area contributed by atoms with Gasteiger partial charge in [-0.15, -0.1) is 0 Å². The van der Waals surface area contributed by atoms with Crippen LogP contribution >= 0.6 is 11.6 Å². The number of benzene rings is 1. The fourth-order valence-corrected chi connectivity index (χ4v) is 4.67. The smallest absolute Gasteiger partial charge is 0.242 e. The zero-order chi connectivity index (χ0) is 24.7. The highest BCUT2D eigenvalue weighted by molar-refractivity contribution is 6.32. The Hall–Kier alpha value is -3.24. The molecule has 2 aliphatic rings. The summed E-state index contributed by atoms with van der Waals surface area (Å²) < 4.78 is 15.1. The quantitative estimate of drug-likeness (QED) is 0.399. The Balaban J connectivity index is 1.28. The van der Waals surface area contributed by atoms with Crippen LogP contribution in [0.15, 0.2) is 24.4 Å². The number of amides is 1. The normalized spacial score (nSPS) is 17.3. The number of aromatic nitrogens is 4. The highest BCUT2D eigenvalue weighted by Crippen LogP contribution is 2.38. The number of aryl methyl sites for hydroxylation is 2. The summed E-state index contributed by atoms with van der Waals surface area (Å²) in [6, 6.07) is 5.16. The summed E-state index contributed by atoms with van der Waals surface area (Å²) in [6.07, 6.45) is 4.55. The third-order valence-corrected chi connectivity index (χ3v) is 7.01. The van der Waals surface area contributed by atoms with Gasteiger partial charge in [0.2, 0.25) is 11.9 Å². The van der Waals surface area contributed by atoms with Crippen LogP contribution in [0.5, 0.6) is 0 Å². The van der Waals surface area contributed by atoms with E-state index in [2.05, 4.69) is 30.8 Å². The SMILES string of the molecule is Cc1cc(Nc2nc(Nc3cc(C)c(C4CCN(C(=O)C5(N)CC5)CC4)cc3F)ncc2Cl)n[nH]1. The van der Waals surface area contributed by atoms with Crippen LogP contribution in [-0.2, 0) is 4.79 Å². The number of H-pyrrole nitrogens is 1. The lowest BCUT2D eigenvalue weighted by molar-refractivity contribution is -0.134. The van der Waals surface area contributed by atoms with Gasteiger partial charge in [0, 0.05) is 24.8 Å². The largest absolute Gasteiger partial charge is 0.341 e. The lowest BCUT2D eigenvalue weighted by Crippen LogP contribution is -2.48. The van der Waals surface area contributed by atoms with Crippen LogP contribution in [0.2, 0.25) is 5.02 Å². The number of nitrogens with two attached hydrogens (primary N) is 1. The van der Waals surface area contributed by atoms with E-state index in [1.807, 2.05) is 24.8 Å². The minimum Gasteiger partial charge on any atom is -0.341 e. The summed E-state index contributed by atoms with van der Waals surface area (Å²) >= 11 is 6.22. The molecule has 9 nitrogen and oxygen atoms in total. The van der Waals surface area contributed by atoms with Crippen molar-refractivity contribution < 1.29 is 9.18 Å². The van der Waals surface area contributed by atoms with Crippen molar-refractivity contribution in [3.63, 3.8) is 0 Å². The number of anilines is 4. The van der Waals surface area contributed by atoms with Gasteiger partial charge in [0.25, 0.3) is 0 Å². The molecule has 11 heteroatoms. The number of piperidine rings is 1. The molecular weight excluding hydrogens is 471 g/mol. The molecule has 184 valence electrons. The van der Waals surface area contributed by atoms with Crippen molar-refractivity contribution in [3.8, 4) is 0 Å². The van der Waals surface area contributed by atoms with Gasteiger partial charge < -0.3 is 21.3 Å². The van der Waals surface area contributed by atoms with E-state index in [0.29, 0.717) is 29.7 Å². The van der Waals surface area contributed by atoms with Crippen LogP contribution in [0.4, 0.5) is 27.7 Å². The Labute approximate surface area is 207 Å². The molecule has 35 heavy (non-hydrogen) atoms. The molecule has 5 N–H and O–H groups in total. The molecule has 3 aromatic rings. The molecule has 1 aromatic carbocycles. The number of rotatable bonds is 6. The Morgan fingerprint density at radius 3 is 2.63 bits per heavy atom. The maximum absolute atomic E-state index is 15.1. The molecule has 1 saturated carbocycles. The van der Waals surface area contributed by atoms with Gasteiger partial charge in [-0.2, -0.15) is 10.1 Å². The van der Waals surface area contributed by atoms with Crippen LogP contribution in [0.1, 0.15) is 48.4 Å². The molecule has 0 spiro atoms. The summed E-state index contributed by atoms with van der Waals surface area (Å²) in [7, 11) is 0. The number of hydrogen-bond donors (Lipinski definition) is 4. The van der Waals surface area contributed by atoms with Crippen LogP contribution in [0, 0.1) is 19.7 Å². The fraction of sp³-hybridized carbons (Fsp3) is 0.417. The van der Waals surface area contributed by atoms with E-state index in [0.717, 1.165) is 42.5 Å². The second-order valence-corrected chi connectivity index (χ2v) is 9.89. The van der Waals surface area contributed by atoms with Gasteiger partial charge in [-0.05, 0) is 68.7 Å². The Kier molecular flexibility index (Phi) is 6.10. The van der Waals surface area contributed by atoms with Crippen molar-refractivity contribution in [3.05, 3.63) is 52.1 Å². The number of nitrogens with one attached hydrogen (secondary N) is 3. The zero-order valence-corrected chi connectivity index (χ0v) is 20.4. The molecule has 5 rings (SSSR count). The lowest BCUT2D eigenvalue weighted by Gasteiger charge is -2.34. The highest BCUT2D eigenvalue weighted by atomic mass is 35.5. The van der Waals surface area contributed by atoms with Crippen LogP contribution in [-0.4, -0.2) is 49.6 Å². The molecule has 0 bridgehead atoms. The Morgan fingerprint density at radius 2 is 1.97 bits per heavy atom. The summed E-state index contributed by atoms with van der Waals surface area (Å²) in [6.45, 7) is 5.14. The predicted molar refractivity (Wildman–Crippen MR) is 133 cm³/mol. The van der Waals surface area contributed by atoms with Crippen molar-refractivity contribution in [2.45, 2.75) is 51.0 Å². The van der Waals surface area contributed by atoms with Gasteiger partial charge in [0.1, 0.15) is 10.8 Å². The molecule has 1 aliphatic heterocycles. The number of aromatic amines is 1. The van der Waals surface area contributed by atoms with Gasteiger partial charge in [0.05, 0.1) is 17.4 Å². The van der Waals surface area contributed by atoms with Gasteiger partial charge in [0.15, 0.2) is 11.6 Å². The maximum atomic E-state index is 15.1. The van der Waals surface area contributed by atoms with Crippen molar-refractivity contribution >= 4 is 40.8 Å². The summed E-state index contributed by atoms with van der Waals surface area (Å²) in [4.78, 5) is 22.9. The van der Waals surface area contributed by atoms with E-state index in [9.17, 15) is 4.79 Å². The number of carbonyl (C=O) groups excluding carboxylic acids is 1. The van der Waals surface area contributed by atoms with E-state index >= 15 is 4.39 Å². The molecule has 1 aliphatic carbocycles. The number of halogens is 2. The molecule has 3 heterocycles. The van der Waals surface area contributed by atoms with E-state index in [1.165, 1.54) is 6.20 Å². The number of likely N-dealkylation sites (tertiary alicyclic amines) is 1. The molecule has 2 aromatic heterocycles. The monoisotopic (exact) mass is 498 g/mol. The molecule has 1 amide bonds. The van der Waals surface area contributed by atoms with Gasteiger partial charge in [-0.3, -0.25) is 9.89 Å². The van der Waals surface area contributed by atoms with E-state index in [-0.39, 0.29) is 29.3 Å². The Bertz CT molecular complexity index is 1270. The molecule has 2 fully saturated rings. The second-order valence-electron chi connectivity index (χ2n) is 9.49. The average molecular weight is 499 g/mol. The molecular formula is C24H28ClFN8O. The van der Waals surface area contributed by atoms with E-state index in [4.69, 9.17) is 17.3 Å². The van der Waals surface area contributed by atoms with Gasteiger partial charge in [-0.25, -0.2) is 9.37 Å². The zero-order valence-electron chi connectivity index (χ0n) is 19.7. The van der Waals surface area contributed by atoms with E-state index < -0.39 is 5.54 Å². The number of nitrogens with zero attached hydrogens (tertiary/aromatic N) is 4. The highest BCUT2D eigenvalue weighted by Gasteiger charge is 2.48. The third kappa shape index (κ3) is 4.94. The standard InChI is InChI=1S/C24H28ClFN8O/c1-13-9-19(29-23-28-12-17(25)21(31-23)30-20-10-14(2)32-33-20)18(26)11-16(13)15-3-7-34(8-4-15)22(35)24(27)5-6-24/h9-12,15H,3-8,27H2,1-2H3,(H3,28,29,30,31,32,33). The van der Waals surface area contributed by atoms with E-state index in [1.54, 1.807) is 12.1 Å². The molecule has 0 radical (unpaired) electrons. The third-order valence-electron chi connectivity index (χ3n) is 6.74. The first-order valence-electron chi connectivity index (χ1n) is 11.7. The van der Waals surface area contributed by atoms with Crippen molar-refractivity contribution in [1.29, 1.82) is 0 Å². The second kappa shape index (κ2) is 9.09. The lowest BCUT2D eigenvalue weighted by atomic mass is 9.86. The first kappa shape index (κ1) is 23.5. The van der Waals surface area contributed by atoms with Crippen LogP contribution < -0.4 is 16.4 Å². The topological polar surface area (TPSA) is 125 Å². The summed E-state index contributed by atoms with van der Waals surface area (Å²) in [5.41, 5.74) is 8.53. The molecule has 0 atom stereocenters. The Morgan fingerprint density at radius 1 is 1.23 bits per heavy atom. The maximum Gasteiger partial charge on any atom is 0.242 e. The summed E-state index contributed by atoms with van der Waals surface area (Å²) in [5, 5.41) is 13.2. The van der Waals surface area contributed by atoms with Crippen molar-refractivity contribution in [2.75, 3.05) is 23.7 Å². The van der Waals surface area contributed by atoms with Gasteiger partial charge in [-0.1, -0.05) is 11.6 Å². The van der Waals surface area contributed by atoms with Gasteiger partial charge >= 0.3 is 0 Å². The molecule has 1 saturated heterocycles. The summed E-state index contributed by atoms with van der Waals surface area (Å²) in [5.74, 6) is 0.980.